The van der Waals surface area contributed by atoms with Gasteiger partial charge in [0.1, 0.15) is 11.2 Å². The average Bonchev–Trinajstić information content (AvgIpc) is 2.60. The van der Waals surface area contributed by atoms with Crippen LogP contribution in [0.5, 0.6) is 0 Å². The smallest absolute Gasteiger partial charge is 0.270 e. The van der Waals surface area contributed by atoms with Gasteiger partial charge in [0.25, 0.3) is 11.5 Å². The Labute approximate surface area is 140 Å². The summed E-state index contributed by atoms with van der Waals surface area (Å²) in [7, 11) is 0. The fraction of sp³-hybridized carbons (Fsp3) is 0.471. The number of aromatic nitrogens is 2. The molecule has 24 heavy (non-hydrogen) atoms. The molecule has 3 rings (SSSR count). The number of nitrogens with one attached hydrogen (secondary N) is 1. The molecular weight excluding hydrogens is 308 g/mol. The first-order chi connectivity index (χ1) is 11.6. The van der Waals surface area contributed by atoms with E-state index in [1.54, 1.807) is 12.3 Å². The molecule has 0 unspecified atom stereocenters. The summed E-state index contributed by atoms with van der Waals surface area (Å²) in [6.07, 6.45) is 3.89. The predicted octanol–water partition coefficient (Wildman–Crippen LogP) is 0.455. The van der Waals surface area contributed by atoms with Crippen LogP contribution < -0.4 is 10.9 Å². The maximum Gasteiger partial charge on any atom is 0.270 e. The lowest BCUT2D eigenvalue weighted by Gasteiger charge is -2.26. The molecule has 0 aliphatic carbocycles. The van der Waals surface area contributed by atoms with Crippen molar-refractivity contribution in [1.82, 2.24) is 19.6 Å². The minimum atomic E-state index is -0.370. The van der Waals surface area contributed by atoms with Crippen LogP contribution in [-0.4, -0.2) is 59.6 Å². The van der Waals surface area contributed by atoms with Gasteiger partial charge in [0.2, 0.25) is 0 Å². The minimum absolute atomic E-state index is 0.0736. The summed E-state index contributed by atoms with van der Waals surface area (Å²) in [4.78, 5) is 31.2. The minimum Gasteiger partial charge on any atom is -0.379 e. The molecule has 1 saturated heterocycles. The summed E-state index contributed by atoms with van der Waals surface area (Å²) in [6, 6.07) is 3.65. The van der Waals surface area contributed by atoms with E-state index in [1.165, 1.54) is 10.6 Å². The van der Waals surface area contributed by atoms with E-state index in [-0.39, 0.29) is 17.0 Å². The molecule has 1 aliphatic heterocycles. The summed E-state index contributed by atoms with van der Waals surface area (Å²) >= 11 is 0. The molecule has 3 heterocycles. The van der Waals surface area contributed by atoms with E-state index >= 15 is 0 Å². The van der Waals surface area contributed by atoms with Crippen LogP contribution in [0.15, 0.2) is 29.3 Å². The first-order valence-corrected chi connectivity index (χ1v) is 8.21. The number of nitrogens with zero attached hydrogens (tertiary/aromatic N) is 3. The van der Waals surface area contributed by atoms with Crippen molar-refractivity contribution in [3.8, 4) is 0 Å². The van der Waals surface area contributed by atoms with Crippen LogP contribution in [0.3, 0.4) is 0 Å². The van der Waals surface area contributed by atoms with E-state index in [0.29, 0.717) is 12.2 Å². The first-order valence-electron chi connectivity index (χ1n) is 8.21. The number of hydrogen-bond acceptors (Lipinski definition) is 5. The lowest BCUT2D eigenvalue weighted by molar-refractivity contribution is 0.0374. The molecular formula is C17H22N4O3. The number of aryl methyl sites for hydroxylation is 1. The van der Waals surface area contributed by atoms with Gasteiger partial charge in [0.05, 0.1) is 13.2 Å². The molecule has 0 saturated carbocycles. The van der Waals surface area contributed by atoms with E-state index in [2.05, 4.69) is 15.2 Å². The van der Waals surface area contributed by atoms with Crippen molar-refractivity contribution in [2.45, 2.75) is 13.3 Å². The average molecular weight is 330 g/mol. The molecule has 7 nitrogen and oxygen atoms in total. The highest BCUT2D eigenvalue weighted by Crippen LogP contribution is 2.02. The zero-order valence-corrected chi connectivity index (χ0v) is 13.8. The number of amides is 1. The van der Waals surface area contributed by atoms with Crippen molar-refractivity contribution in [3.05, 3.63) is 46.0 Å². The van der Waals surface area contributed by atoms with E-state index < -0.39 is 0 Å². The third-order valence-electron chi connectivity index (χ3n) is 4.13. The Hall–Kier alpha value is -2.25. The second-order valence-corrected chi connectivity index (χ2v) is 5.98. The fourth-order valence-electron chi connectivity index (χ4n) is 2.76. The van der Waals surface area contributed by atoms with Crippen molar-refractivity contribution in [3.63, 3.8) is 0 Å². The third-order valence-corrected chi connectivity index (χ3v) is 4.13. The summed E-state index contributed by atoms with van der Waals surface area (Å²) < 4.78 is 6.72. The molecule has 1 amide bonds. The topological polar surface area (TPSA) is 75.9 Å². The maximum absolute atomic E-state index is 12.4. The van der Waals surface area contributed by atoms with E-state index in [0.717, 1.165) is 44.8 Å². The quantitative estimate of drug-likeness (QED) is 0.806. The molecule has 2 aromatic heterocycles. The molecule has 1 aliphatic rings. The molecule has 128 valence electrons. The lowest BCUT2D eigenvalue weighted by atomic mass is 10.2. The highest BCUT2D eigenvalue weighted by molar-refractivity contribution is 5.93. The van der Waals surface area contributed by atoms with Gasteiger partial charge in [-0.1, -0.05) is 6.07 Å². The van der Waals surface area contributed by atoms with Gasteiger partial charge in [0.15, 0.2) is 0 Å². The van der Waals surface area contributed by atoms with E-state index in [4.69, 9.17) is 4.74 Å². The van der Waals surface area contributed by atoms with Crippen LogP contribution in [0, 0.1) is 6.92 Å². The first kappa shape index (κ1) is 16.6. The number of rotatable bonds is 5. The van der Waals surface area contributed by atoms with Crippen LogP contribution in [0.2, 0.25) is 0 Å². The Bertz CT molecular complexity index is 781. The Kier molecular flexibility index (Phi) is 5.22. The Morgan fingerprint density at radius 2 is 2.12 bits per heavy atom. The van der Waals surface area contributed by atoms with Crippen molar-refractivity contribution in [1.29, 1.82) is 0 Å². The van der Waals surface area contributed by atoms with Crippen molar-refractivity contribution in [2.75, 3.05) is 39.4 Å². The molecule has 0 radical (unpaired) electrons. The molecule has 1 fully saturated rings. The van der Waals surface area contributed by atoms with Gasteiger partial charge in [-0.3, -0.25) is 18.9 Å². The molecule has 0 aromatic carbocycles. The Morgan fingerprint density at radius 1 is 1.33 bits per heavy atom. The van der Waals surface area contributed by atoms with E-state index in [9.17, 15) is 9.59 Å². The number of pyridine rings is 1. The van der Waals surface area contributed by atoms with Crippen LogP contribution in [-0.2, 0) is 4.74 Å². The third kappa shape index (κ3) is 3.80. The molecule has 2 aromatic rings. The number of carbonyl (C=O) groups excluding carboxylic acids is 1. The molecule has 7 heteroatoms. The zero-order chi connectivity index (χ0) is 16.9. The lowest BCUT2D eigenvalue weighted by Crippen LogP contribution is -2.38. The number of hydrogen-bond donors (Lipinski definition) is 1. The Balaban J connectivity index is 1.59. The fourth-order valence-corrected chi connectivity index (χ4v) is 2.76. The predicted molar refractivity (Wildman–Crippen MR) is 90.4 cm³/mol. The van der Waals surface area contributed by atoms with Gasteiger partial charge in [-0.2, -0.15) is 0 Å². The second-order valence-electron chi connectivity index (χ2n) is 5.98. The van der Waals surface area contributed by atoms with Crippen molar-refractivity contribution < 1.29 is 9.53 Å². The normalized spacial score (nSPS) is 15.5. The van der Waals surface area contributed by atoms with Crippen molar-refractivity contribution >= 4 is 11.6 Å². The van der Waals surface area contributed by atoms with Gasteiger partial charge in [-0.15, -0.1) is 0 Å². The van der Waals surface area contributed by atoms with Gasteiger partial charge in [0, 0.05) is 32.0 Å². The highest BCUT2D eigenvalue weighted by atomic mass is 16.5. The van der Waals surface area contributed by atoms with Crippen LogP contribution in [0.25, 0.3) is 5.65 Å². The maximum atomic E-state index is 12.4. The highest BCUT2D eigenvalue weighted by Gasteiger charge is 2.14. The van der Waals surface area contributed by atoms with Gasteiger partial charge in [-0.25, -0.2) is 4.98 Å². The van der Waals surface area contributed by atoms with Gasteiger partial charge >= 0.3 is 0 Å². The summed E-state index contributed by atoms with van der Waals surface area (Å²) in [5.74, 6) is -0.370. The molecule has 1 N–H and O–H groups in total. The molecule has 0 atom stereocenters. The standard InChI is InChI=1S/C17H22N4O3/c1-13-3-4-15-19-11-14(17(23)21(15)12-13)16(22)18-5-2-6-20-7-9-24-10-8-20/h3-4,11-12H,2,5-10H2,1H3,(H,18,22). The van der Waals surface area contributed by atoms with Crippen LogP contribution >= 0.6 is 0 Å². The van der Waals surface area contributed by atoms with Crippen LogP contribution in [0.1, 0.15) is 22.3 Å². The SMILES string of the molecule is Cc1ccc2ncc(C(=O)NCCCN3CCOCC3)c(=O)n2c1. The zero-order valence-electron chi connectivity index (χ0n) is 13.8. The number of morpholine rings is 1. The second kappa shape index (κ2) is 7.55. The summed E-state index contributed by atoms with van der Waals surface area (Å²) in [5.41, 5.74) is 1.21. The van der Waals surface area contributed by atoms with Crippen LogP contribution in [0.4, 0.5) is 0 Å². The number of ether oxygens (including phenoxy) is 1. The number of carbonyl (C=O) groups is 1. The summed E-state index contributed by atoms with van der Waals surface area (Å²) in [5, 5.41) is 2.81. The largest absolute Gasteiger partial charge is 0.379 e. The van der Waals surface area contributed by atoms with Gasteiger partial charge < -0.3 is 10.1 Å². The van der Waals surface area contributed by atoms with Gasteiger partial charge in [-0.05, 0) is 31.5 Å². The van der Waals surface area contributed by atoms with Crippen molar-refractivity contribution in [2.24, 2.45) is 0 Å². The van der Waals surface area contributed by atoms with E-state index in [1.807, 2.05) is 13.0 Å². The Morgan fingerprint density at radius 3 is 2.92 bits per heavy atom. The monoisotopic (exact) mass is 330 g/mol. The molecule has 0 bridgehead atoms. The summed E-state index contributed by atoms with van der Waals surface area (Å²) in [6.45, 7) is 6.75. The number of fused-ring (bicyclic) bond motifs is 1. The molecule has 0 spiro atoms.